The van der Waals surface area contributed by atoms with Gasteiger partial charge in [-0.1, -0.05) is 125 Å². The minimum atomic E-state index is 0.149. The van der Waals surface area contributed by atoms with Crippen LogP contribution in [0.1, 0.15) is 73.2 Å². The lowest BCUT2D eigenvalue weighted by molar-refractivity contribution is -0.482. The zero-order chi connectivity index (χ0) is 25.8. The van der Waals surface area contributed by atoms with Crippen molar-refractivity contribution in [2.24, 2.45) is 0 Å². The van der Waals surface area contributed by atoms with Crippen LogP contribution in [0.2, 0.25) is 0 Å². The number of hydrogen-bond acceptors (Lipinski definition) is 1. The van der Waals surface area contributed by atoms with Gasteiger partial charge in [-0.15, -0.1) is 0 Å². The Morgan fingerprint density at radius 2 is 1.00 bits per heavy atom. The molecule has 0 fully saturated rings. The van der Waals surface area contributed by atoms with Crippen LogP contribution in [-0.4, -0.2) is 10.9 Å². The predicted molar refractivity (Wildman–Crippen MR) is 157 cm³/mol. The maximum atomic E-state index is 2.59. The first-order valence-corrected chi connectivity index (χ1v) is 13.9. The summed E-state index contributed by atoms with van der Waals surface area (Å²) in [5.74, 6) is 0. The highest BCUT2D eigenvalue weighted by atomic mass is 15.3. The number of hydrogen-bond donors (Lipinski definition) is 0. The fraction of sp³-hybridized carbons (Fsp3) is 0.286. The van der Waals surface area contributed by atoms with Crippen LogP contribution in [0.4, 0.5) is 11.4 Å². The Balaban J connectivity index is 1.84. The largest absolute Gasteiger partial charge is 0.245 e. The minimum absolute atomic E-state index is 0.149. The maximum Gasteiger partial charge on any atom is 0.245 e. The third-order valence-corrected chi connectivity index (χ3v) is 7.88. The van der Waals surface area contributed by atoms with E-state index in [-0.39, 0.29) is 12.1 Å². The molecule has 0 saturated heterocycles. The lowest BCUT2D eigenvalue weighted by Gasteiger charge is -2.27. The second kappa shape index (κ2) is 11.2. The summed E-state index contributed by atoms with van der Waals surface area (Å²) in [6, 6.07) is 36.2. The maximum absolute atomic E-state index is 2.59. The first-order chi connectivity index (χ1) is 18.2. The average Bonchev–Trinajstić information content (AvgIpc) is 3.36. The van der Waals surface area contributed by atoms with Crippen molar-refractivity contribution in [1.29, 1.82) is 0 Å². The van der Waals surface area contributed by atoms with Crippen LogP contribution in [0.3, 0.4) is 0 Å². The number of rotatable bonds is 8. The fourth-order valence-corrected chi connectivity index (χ4v) is 6.06. The highest BCUT2D eigenvalue weighted by Crippen LogP contribution is 2.48. The molecule has 0 bridgehead atoms. The third-order valence-electron chi connectivity index (χ3n) is 7.88. The second-order valence-electron chi connectivity index (χ2n) is 9.90. The van der Waals surface area contributed by atoms with Gasteiger partial charge in [-0.3, -0.25) is 0 Å². The quantitative estimate of drug-likeness (QED) is 0.225. The van der Waals surface area contributed by atoms with E-state index in [1.807, 2.05) is 0 Å². The molecular formula is C35H39N2+. The molecule has 0 spiro atoms. The lowest BCUT2D eigenvalue weighted by atomic mass is 9.90. The molecular weight excluding hydrogens is 448 g/mol. The van der Waals surface area contributed by atoms with E-state index in [4.69, 9.17) is 0 Å². The molecule has 0 unspecified atom stereocenters. The molecule has 1 aliphatic heterocycles. The molecule has 4 aromatic carbocycles. The van der Waals surface area contributed by atoms with Gasteiger partial charge in [-0.2, -0.15) is 0 Å². The third kappa shape index (κ3) is 4.62. The van der Waals surface area contributed by atoms with Crippen LogP contribution in [0, 0.1) is 0 Å². The van der Waals surface area contributed by atoms with E-state index in [2.05, 4.69) is 141 Å². The average molecular weight is 488 g/mol. The van der Waals surface area contributed by atoms with Crippen molar-refractivity contribution in [3.63, 3.8) is 0 Å². The topological polar surface area (TPSA) is 6.25 Å². The van der Waals surface area contributed by atoms with Gasteiger partial charge in [0.2, 0.25) is 6.34 Å². The normalized spacial score (nSPS) is 17.2. The summed E-state index contributed by atoms with van der Waals surface area (Å²) in [6.45, 7) is 9.11. The molecule has 1 aliphatic rings. The summed E-state index contributed by atoms with van der Waals surface area (Å²) in [5, 5.41) is 0. The molecule has 5 rings (SSSR count). The van der Waals surface area contributed by atoms with Crippen molar-refractivity contribution < 1.29 is 4.58 Å². The summed E-state index contributed by atoms with van der Waals surface area (Å²) in [5.41, 5.74) is 11.1. The zero-order valence-corrected chi connectivity index (χ0v) is 22.7. The summed E-state index contributed by atoms with van der Waals surface area (Å²) >= 11 is 0. The molecule has 1 heterocycles. The standard InChI is InChI=1S/C35H39N2/c1-5-26-21-15-22-27(6-2)32(26)36-25-37(33-28(7-3)23-16-24-29(33)8-4)35(31-19-13-10-14-20-31)34(36)30-17-11-9-12-18-30/h9-25,34-35H,5-8H2,1-4H3/q+1/t34-,35-/m0/s1. The zero-order valence-electron chi connectivity index (χ0n) is 22.7. The number of benzene rings is 4. The van der Waals surface area contributed by atoms with Gasteiger partial charge < -0.3 is 0 Å². The van der Waals surface area contributed by atoms with E-state index in [1.54, 1.807) is 0 Å². The van der Waals surface area contributed by atoms with Crippen LogP contribution in [-0.2, 0) is 25.7 Å². The molecule has 188 valence electrons. The van der Waals surface area contributed by atoms with E-state index in [0.717, 1.165) is 25.7 Å². The van der Waals surface area contributed by atoms with Gasteiger partial charge in [0.15, 0.2) is 12.1 Å². The van der Waals surface area contributed by atoms with Gasteiger partial charge in [0.1, 0.15) is 11.4 Å². The molecule has 0 aromatic heterocycles. The lowest BCUT2D eigenvalue weighted by Crippen LogP contribution is -2.28. The summed E-state index contributed by atoms with van der Waals surface area (Å²) in [4.78, 5) is 2.59. The Morgan fingerprint density at radius 1 is 0.541 bits per heavy atom. The molecule has 0 N–H and O–H groups in total. The van der Waals surface area contributed by atoms with Crippen LogP contribution < -0.4 is 4.90 Å². The van der Waals surface area contributed by atoms with Crippen LogP contribution >= 0.6 is 0 Å². The Bertz CT molecular complexity index is 1330. The Kier molecular flexibility index (Phi) is 7.55. The van der Waals surface area contributed by atoms with E-state index in [1.165, 1.54) is 44.8 Å². The van der Waals surface area contributed by atoms with Crippen molar-refractivity contribution in [2.45, 2.75) is 65.5 Å². The minimum Gasteiger partial charge on any atom is -0.221 e. The van der Waals surface area contributed by atoms with Gasteiger partial charge in [0, 0.05) is 11.1 Å². The van der Waals surface area contributed by atoms with Crippen LogP contribution in [0.25, 0.3) is 0 Å². The number of aryl methyl sites for hydroxylation is 4. The predicted octanol–water partition coefficient (Wildman–Crippen LogP) is 8.61. The highest BCUT2D eigenvalue weighted by Gasteiger charge is 2.47. The first kappa shape index (κ1) is 25.0. The van der Waals surface area contributed by atoms with E-state index in [9.17, 15) is 0 Å². The molecule has 4 aromatic rings. The fourth-order valence-electron chi connectivity index (χ4n) is 6.06. The highest BCUT2D eigenvalue weighted by molar-refractivity contribution is 5.84. The number of anilines is 1. The van der Waals surface area contributed by atoms with Gasteiger partial charge in [-0.05, 0) is 47.9 Å². The summed E-state index contributed by atoms with van der Waals surface area (Å²) < 4.78 is 2.59. The van der Waals surface area contributed by atoms with Crippen molar-refractivity contribution in [1.82, 2.24) is 0 Å². The van der Waals surface area contributed by atoms with Crippen molar-refractivity contribution in [2.75, 3.05) is 4.90 Å². The molecule has 0 radical (unpaired) electrons. The SMILES string of the molecule is CCc1cccc(CC)c1N1C=[N+](c2c(CC)cccc2CC)[C@@H](c2ccccc2)[C@@H]1c1ccccc1. The smallest absolute Gasteiger partial charge is 0.221 e. The van der Waals surface area contributed by atoms with E-state index < -0.39 is 0 Å². The Morgan fingerprint density at radius 3 is 1.49 bits per heavy atom. The van der Waals surface area contributed by atoms with Crippen molar-refractivity contribution >= 4 is 17.7 Å². The molecule has 2 heteroatoms. The molecule has 2 nitrogen and oxygen atoms in total. The van der Waals surface area contributed by atoms with E-state index in [0.29, 0.717) is 0 Å². The number of nitrogens with zero attached hydrogens (tertiary/aromatic N) is 2. The molecule has 37 heavy (non-hydrogen) atoms. The first-order valence-electron chi connectivity index (χ1n) is 13.9. The van der Waals surface area contributed by atoms with Crippen molar-refractivity contribution in [3.05, 3.63) is 130 Å². The van der Waals surface area contributed by atoms with Crippen LogP contribution in [0.5, 0.6) is 0 Å². The summed E-state index contributed by atoms with van der Waals surface area (Å²) in [7, 11) is 0. The van der Waals surface area contributed by atoms with Gasteiger partial charge in [0.05, 0.1) is 0 Å². The van der Waals surface area contributed by atoms with E-state index >= 15 is 0 Å². The summed E-state index contributed by atoms with van der Waals surface area (Å²) in [6.07, 6.45) is 6.47. The molecule has 0 aliphatic carbocycles. The second-order valence-corrected chi connectivity index (χ2v) is 9.90. The van der Waals surface area contributed by atoms with Gasteiger partial charge >= 0.3 is 0 Å². The molecule has 0 amide bonds. The molecule has 0 saturated carbocycles. The molecule has 2 atom stereocenters. The Labute approximate surface area is 222 Å². The van der Waals surface area contributed by atoms with Gasteiger partial charge in [0.25, 0.3) is 0 Å². The van der Waals surface area contributed by atoms with Crippen LogP contribution in [0.15, 0.2) is 97.1 Å². The Hall–Kier alpha value is -3.65. The monoisotopic (exact) mass is 487 g/mol. The van der Waals surface area contributed by atoms with Crippen molar-refractivity contribution in [3.8, 4) is 0 Å². The van der Waals surface area contributed by atoms with Gasteiger partial charge in [-0.25, -0.2) is 9.48 Å². The number of para-hydroxylation sites is 2.